The van der Waals surface area contributed by atoms with Crippen molar-refractivity contribution in [3.63, 3.8) is 0 Å². The molecule has 0 radical (unpaired) electrons. The zero-order chi connectivity index (χ0) is 26.4. The molecule has 2 N–H and O–H groups in total. The molecule has 1 fully saturated rings. The number of benzene rings is 1. The molecule has 8 nitrogen and oxygen atoms in total. The smallest absolute Gasteiger partial charge is 0.294 e. The minimum Gasteiger partial charge on any atom is -0.344 e. The van der Waals surface area contributed by atoms with Crippen LogP contribution >= 0.6 is 0 Å². The molecule has 2 heterocycles. The van der Waals surface area contributed by atoms with Gasteiger partial charge in [-0.25, -0.2) is 18.2 Å². The standard InChI is InChI=1S/C25H26F3N5O3/c1-12-10-15(6-7-16(12)26)30-22(35)18-13(2)19(33(4)14(18)3)20(34)23(36)32-25(8-5-9-25)24-29-11-17(31-24)21(27)28/h6-7,10,21H,5,8-9,11H2,1-4H3,(H,30,35)(H,32,36). The minimum atomic E-state index is -2.74. The molecule has 1 aliphatic carbocycles. The highest BCUT2D eigenvalue weighted by atomic mass is 19.3. The highest BCUT2D eigenvalue weighted by Crippen LogP contribution is 2.35. The second kappa shape index (κ2) is 9.36. The van der Waals surface area contributed by atoms with Gasteiger partial charge in [-0.05, 0) is 69.4 Å². The number of nitrogens with one attached hydrogen (secondary N) is 2. The Morgan fingerprint density at radius 1 is 1.14 bits per heavy atom. The van der Waals surface area contributed by atoms with Crippen molar-refractivity contribution in [3.05, 3.63) is 52.1 Å². The first-order valence-corrected chi connectivity index (χ1v) is 11.5. The summed E-state index contributed by atoms with van der Waals surface area (Å²) in [5, 5.41) is 5.37. The first-order chi connectivity index (χ1) is 16.9. The van der Waals surface area contributed by atoms with Gasteiger partial charge in [0.2, 0.25) is 0 Å². The molecule has 0 unspecified atom stereocenters. The molecule has 4 rings (SSSR count). The Hall–Kier alpha value is -3.76. The van der Waals surface area contributed by atoms with Gasteiger partial charge in [0.05, 0.1) is 23.3 Å². The fourth-order valence-electron chi connectivity index (χ4n) is 4.61. The van der Waals surface area contributed by atoms with Crippen molar-refractivity contribution in [1.82, 2.24) is 9.88 Å². The molecule has 1 aromatic heterocycles. The van der Waals surface area contributed by atoms with Crippen LogP contribution < -0.4 is 10.6 Å². The molecule has 0 saturated heterocycles. The van der Waals surface area contributed by atoms with Gasteiger partial charge < -0.3 is 15.2 Å². The average Bonchev–Trinajstić information content (AvgIpc) is 3.37. The number of aryl methyl sites for hydroxylation is 1. The Morgan fingerprint density at radius 3 is 2.39 bits per heavy atom. The van der Waals surface area contributed by atoms with Crippen LogP contribution in [-0.2, 0) is 11.8 Å². The summed E-state index contributed by atoms with van der Waals surface area (Å²) in [6, 6.07) is 4.17. The minimum absolute atomic E-state index is 0.0324. The SMILES string of the molecule is Cc1cc(NC(=O)c2c(C)c(C(=O)C(=O)NC3(C4=NCC(C(F)F)=N4)CCC3)n(C)c2C)ccc1F. The number of carbonyl (C=O) groups excluding carboxylic acids is 3. The molecule has 1 aliphatic heterocycles. The normalized spacial score (nSPS) is 16.3. The second-order valence-electron chi connectivity index (χ2n) is 9.17. The number of hydrogen-bond donors (Lipinski definition) is 2. The number of Topliss-reactive ketones (excluding diaryl/α,β-unsaturated/α-hetero) is 1. The number of halogens is 3. The topological polar surface area (TPSA) is 105 Å². The van der Waals surface area contributed by atoms with Crippen LogP contribution in [0, 0.1) is 26.6 Å². The van der Waals surface area contributed by atoms with E-state index in [1.807, 2.05) is 0 Å². The van der Waals surface area contributed by atoms with Crippen LogP contribution in [0.2, 0.25) is 0 Å². The van der Waals surface area contributed by atoms with Gasteiger partial charge >= 0.3 is 0 Å². The zero-order valence-electron chi connectivity index (χ0n) is 20.3. The van der Waals surface area contributed by atoms with Crippen molar-refractivity contribution in [1.29, 1.82) is 0 Å². The lowest BCUT2D eigenvalue weighted by atomic mass is 9.75. The molecular formula is C25H26F3N5O3. The lowest BCUT2D eigenvalue weighted by molar-refractivity contribution is -0.118. The van der Waals surface area contributed by atoms with Crippen LogP contribution in [-0.4, -0.2) is 52.2 Å². The van der Waals surface area contributed by atoms with Gasteiger partial charge in [0.1, 0.15) is 17.4 Å². The maximum absolute atomic E-state index is 13.6. The Balaban J connectivity index is 1.57. The number of hydrogen-bond acceptors (Lipinski definition) is 5. The van der Waals surface area contributed by atoms with E-state index in [1.54, 1.807) is 27.8 Å². The first kappa shape index (κ1) is 25.3. The number of ketones is 1. The van der Waals surface area contributed by atoms with E-state index in [1.165, 1.54) is 22.8 Å². The van der Waals surface area contributed by atoms with E-state index in [-0.39, 0.29) is 29.3 Å². The molecule has 0 bridgehead atoms. The molecular weight excluding hydrogens is 475 g/mol. The van der Waals surface area contributed by atoms with E-state index in [9.17, 15) is 27.6 Å². The Labute approximate surface area is 205 Å². The lowest BCUT2D eigenvalue weighted by Crippen LogP contribution is -2.59. The predicted octanol–water partition coefficient (Wildman–Crippen LogP) is 3.68. The van der Waals surface area contributed by atoms with Crippen molar-refractivity contribution in [2.75, 3.05) is 11.9 Å². The van der Waals surface area contributed by atoms with Crippen LogP contribution in [0.3, 0.4) is 0 Å². The molecule has 11 heteroatoms. The van der Waals surface area contributed by atoms with Crippen LogP contribution in [0.15, 0.2) is 28.2 Å². The number of carbonyl (C=O) groups is 3. The van der Waals surface area contributed by atoms with Gasteiger partial charge in [0.15, 0.2) is 0 Å². The summed E-state index contributed by atoms with van der Waals surface area (Å²) in [6.45, 7) is 4.55. The summed E-state index contributed by atoms with van der Waals surface area (Å²) in [4.78, 5) is 47.2. The third-order valence-corrected chi connectivity index (χ3v) is 6.87. The quantitative estimate of drug-likeness (QED) is 0.447. The third kappa shape index (κ3) is 4.33. The van der Waals surface area contributed by atoms with E-state index in [0.29, 0.717) is 35.3 Å². The van der Waals surface area contributed by atoms with Crippen molar-refractivity contribution in [2.45, 2.75) is 52.0 Å². The number of anilines is 1. The van der Waals surface area contributed by atoms with Crippen molar-refractivity contribution < 1.29 is 27.6 Å². The summed E-state index contributed by atoms with van der Waals surface area (Å²) < 4.78 is 41.1. The molecule has 2 aliphatic rings. The summed E-state index contributed by atoms with van der Waals surface area (Å²) in [5.74, 6) is -2.58. The van der Waals surface area contributed by atoms with Crippen LogP contribution in [0.5, 0.6) is 0 Å². The number of rotatable bonds is 7. The second-order valence-corrected chi connectivity index (χ2v) is 9.17. The van der Waals surface area contributed by atoms with Gasteiger partial charge in [0, 0.05) is 18.4 Å². The third-order valence-electron chi connectivity index (χ3n) is 6.87. The fraction of sp³-hybridized carbons (Fsp3) is 0.400. The molecule has 0 atom stereocenters. The molecule has 2 aromatic rings. The van der Waals surface area contributed by atoms with Gasteiger partial charge in [-0.15, -0.1) is 0 Å². The monoisotopic (exact) mass is 501 g/mol. The van der Waals surface area contributed by atoms with E-state index in [0.717, 1.165) is 6.42 Å². The highest BCUT2D eigenvalue weighted by Gasteiger charge is 2.46. The Bertz CT molecular complexity index is 1340. The summed E-state index contributed by atoms with van der Waals surface area (Å²) >= 11 is 0. The fourth-order valence-corrected chi connectivity index (χ4v) is 4.61. The first-order valence-electron chi connectivity index (χ1n) is 11.5. The van der Waals surface area contributed by atoms with Crippen LogP contribution in [0.1, 0.15) is 56.9 Å². The van der Waals surface area contributed by atoms with Crippen molar-refractivity contribution in [3.8, 4) is 0 Å². The number of alkyl halides is 2. The molecule has 2 amide bonds. The number of aliphatic imine (C=N–C) groups is 2. The average molecular weight is 502 g/mol. The maximum atomic E-state index is 13.6. The molecule has 0 spiro atoms. The van der Waals surface area contributed by atoms with E-state index >= 15 is 0 Å². The van der Waals surface area contributed by atoms with Crippen molar-refractivity contribution >= 4 is 34.8 Å². The van der Waals surface area contributed by atoms with Crippen LogP contribution in [0.25, 0.3) is 0 Å². The largest absolute Gasteiger partial charge is 0.344 e. The van der Waals surface area contributed by atoms with Crippen LogP contribution in [0.4, 0.5) is 18.9 Å². The van der Waals surface area contributed by atoms with Gasteiger partial charge in [0.25, 0.3) is 24.0 Å². The van der Waals surface area contributed by atoms with Gasteiger partial charge in [-0.1, -0.05) is 0 Å². The number of amidine groups is 1. The Kier molecular flexibility index (Phi) is 6.59. The highest BCUT2D eigenvalue weighted by molar-refractivity contribution is 6.43. The molecule has 190 valence electrons. The van der Waals surface area contributed by atoms with Crippen molar-refractivity contribution in [2.24, 2.45) is 17.0 Å². The maximum Gasteiger partial charge on any atom is 0.294 e. The zero-order valence-corrected chi connectivity index (χ0v) is 20.3. The van der Waals surface area contributed by atoms with E-state index in [4.69, 9.17) is 0 Å². The van der Waals surface area contributed by atoms with E-state index < -0.39 is 35.4 Å². The molecule has 1 aromatic carbocycles. The van der Waals surface area contributed by atoms with Gasteiger partial charge in [-0.3, -0.25) is 19.4 Å². The number of aromatic nitrogens is 1. The summed E-state index contributed by atoms with van der Waals surface area (Å²) in [6.07, 6.45) is -1.15. The summed E-state index contributed by atoms with van der Waals surface area (Å²) in [5.41, 5.74) is 0.361. The van der Waals surface area contributed by atoms with Gasteiger partial charge in [-0.2, -0.15) is 0 Å². The summed E-state index contributed by atoms with van der Waals surface area (Å²) in [7, 11) is 1.57. The molecule has 1 saturated carbocycles. The predicted molar refractivity (Wildman–Crippen MR) is 129 cm³/mol. The number of nitrogens with zero attached hydrogens (tertiary/aromatic N) is 3. The molecule has 36 heavy (non-hydrogen) atoms. The Morgan fingerprint density at radius 2 is 1.83 bits per heavy atom. The van der Waals surface area contributed by atoms with E-state index in [2.05, 4.69) is 20.6 Å². The number of amides is 2. The lowest BCUT2D eigenvalue weighted by Gasteiger charge is -2.41.